The molecule has 0 spiro atoms. The Morgan fingerprint density at radius 1 is 1.11 bits per heavy atom. The second kappa shape index (κ2) is 5.55. The van der Waals surface area contributed by atoms with Gasteiger partial charge in [-0.05, 0) is 30.7 Å². The first-order valence-electron chi connectivity index (χ1n) is 5.74. The van der Waals surface area contributed by atoms with E-state index in [0.717, 1.165) is 15.8 Å². The molecule has 0 radical (unpaired) electrons. The van der Waals surface area contributed by atoms with Crippen LogP contribution in [0, 0.1) is 0 Å². The van der Waals surface area contributed by atoms with E-state index >= 15 is 0 Å². The normalized spacial score (nSPS) is 13.9. The lowest BCUT2D eigenvalue weighted by Gasteiger charge is -2.24. The van der Waals surface area contributed by atoms with Gasteiger partial charge in [-0.3, -0.25) is 0 Å². The van der Waals surface area contributed by atoms with Crippen LogP contribution < -0.4 is 4.74 Å². The van der Waals surface area contributed by atoms with Gasteiger partial charge in [-0.2, -0.15) is 0 Å². The zero-order chi connectivity index (χ0) is 13.0. The predicted octanol–water partition coefficient (Wildman–Crippen LogP) is 3.74. The highest BCUT2D eigenvalue weighted by Crippen LogP contribution is 2.23. The van der Waals surface area contributed by atoms with Crippen molar-refractivity contribution in [3.63, 3.8) is 0 Å². The van der Waals surface area contributed by atoms with Crippen LogP contribution in [0.25, 0.3) is 0 Å². The summed E-state index contributed by atoms with van der Waals surface area (Å²) in [7, 11) is 0. The molecule has 0 saturated heterocycles. The van der Waals surface area contributed by atoms with Crippen LogP contribution in [0.15, 0.2) is 59.1 Å². The standard InChI is InChI=1S/C15H15BrO2/c1-15(17,12-6-3-2-4-7-12)11-18-14-9-5-8-13(16)10-14/h2-10,17H,11H2,1H3. The van der Waals surface area contributed by atoms with Crippen molar-refractivity contribution in [3.05, 3.63) is 64.6 Å². The van der Waals surface area contributed by atoms with Crippen molar-refractivity contribution in [1.29, 1.82) is 0 Å². The average molecular weight is 307 g/mol. The van der Waals surface area contributed by atoms with Crippen LogP contribution in [0.5, 0.6) is 5.75 Å². The molecule has 2 aromatic carbocycles. The molecule has 2 aromatic rings. The SMILES string of the molecule is CC(O)(COc1cccc(Br)c1)c1ccccc1. The van der Waals surface area contributed by atoms with Crippen LogP contribution in [-0.2, 0) is 5.60 Å². The molecule has 3 heteroatoms. The summed E-state index contributed by atoms with van der Waals surface area (Å²) >= 11 is 3.38. The highest BCUT2D eigenvalue weighted by Gasteiger charge is 2.23. The molecular formula is C15H15BrO2. The minimum absolute atomic E-state index is 0.216. The van der Waals surface area contributed by atoms with Crippen LogP contribution in [-0.4, -0.2) is 11.7 Å². The van der Waals surface area contributed by atoms with Crippen LogP contribution in [0.2, 0.25) is 0 Å². The van der Waals surface area contributed by atoms with Gasteiger partial charge in [-0.1, -0.05) is 52.3 Å². The lowest BCUT2D eigenvalue weighted by molar-refractivity contribution is 0.00758. The van der Waals surface area contributed by atoms with E-state index < -0.39 is 5.60 Å². The predicted molar refractivity (Wildman–Crippen MR) is 75.6 cm³/mol. The number of ether oxygens (including phenoxy) is 1. The van der Waals surface area contributed by atoms with E-state index in [4.69, 9.17) is 4.74 Å². The summed E-state index contributed by atoms with van der Waals surface area (Å²) < 4.78 is 6.58. The Labute approximate surface area is 115 Å². The maximum absolute atomic E-state index is 10.4. The topological polar surface area (TPSA) is 29.5 Å². The molecule has 18 heavy (non-hydrogen) atoms. The average Bonchev–Trinajstić information content (AvgIpc) is 2.38. The van der Waals surface area contributed by atoms with E-state index in [1.807, 2.05) is 54.6 Å². The van der Waals surface area contributed by atoms with E-state index in [1.54, 1.807) is 6.92 Å². The lowest BCUT2D eigenvalue weighted by Crippen LogP contribution is -2.29. The van der Waals surface area contributed by atoms with E-state index in [9.17, 15) is 5.11 Å². The summed E-state index contributed by atoms with van der Waals surface area (Å²) in [6, 6.07) is 17.1. The molecule has 1 atom stereocenters. The van der Waals surface area contributed by atoms with E-state index in [1.165, 1.54) is 0 Å². The Bertz CT molecular complexity index is 509. The summed E-state index contributed by atoms with van der Waals surface area (Å²) in [5.41, 5.74) is -0.149. The fourth-order valence-electron chi connectivity index (χ4n) is 1.66. The van der Waals surface area contributed by atoms with Crippen molar-refractivity contribution < 1.29 is 9.84 Å². The number of benzene rings is 2. The third-order valence-corrected chi connectivity index (χ3v) is 3.20. The Morgan fingerprint density at radius 2 is 1.83 bits per heavy atom. The molecule has 0 aromatic heterocycles. The van der Waals surface area contributed by atoms with Gasteiger partial charge in [0.2, 0.25) is 0 Å². The number of aliphatic hydroxyl groups is 1. The van der Waals surface area contributed by atoms with Crippen LogP contribution >= 0.6 is 15.9 Å². The van der Waals surface area contributed by atoms with E-state index in [-0.39, 0.29) is 6.61 Å². The first-order chi connectivity index (χ1) is 8.58. The molecule has 2 rings (SSSR count). The van der Waals surface area contributed by atoms with Gasteiger partial charge < -0.3 is 9.84 Å². The van der Waals surface area contributed by atoms with Crippen molar-refractivity contribution in [2.45, 2.75) is 12.5 Å². The van der Waals surface area contributed by atoms with E-state index in [0.29, 0.717) is 0 Å². The zero-order valence-corrected chi connectivity index (χ0v) is 11.7. The monoisotopic (exact) mass is 306 g/mol. The molecule has 0 bridgehead atoms. The molecule has 2 nitrogen and oxygen atoms in total. The van der Waals surface area contributed by atoms with Gasteiger partial charge in [-0.25, -0.2) is 0 Å². The quantitative estimate of drug-likeness (QED) is 0.932. The molecule has 0 saturated carbocycles. The van der Waals surface area contributed by atoms with Crippen molar-refractivity contribution >= 4 is 15.9 Å². The van der Waals surface area contributed by atoms with Crippen LogP contribution in [0.1, 0.15) is 12.5 Å². The molecular weight excluding hydrogens is 292 g/mol. The second-order valence-electron chi connectivity index (χ2n) is 4.39. The minimum atomic E-state index is -0.996. The number of hydrogen-bond donors (Lipinski definition) is 1. The molecule has 1 N–H and O–H groups in total. The van der Waals surface area contributed by atoms with Gasteiger partial charge in [0.15, 0.2) is 0 Å². The third kappa shape index (κ3) is 3.34. The smallest absolute Gasteiger partial charge is 0.121 e. The first kappa shape index (κ1) is 13.1. The van der Waals surface area contributed by atoms with Gasteiger partial charge >= 0.3 is 0 Å². The van der Waals surface area contributed by atoms with Crippen molar-refractivity contribution in [2.75, 3.05) is 6.61 Å². The molecule has 0 aliphatic rings. The summed E-state index contributed by atoms with van der Waals surface area (Å²) in [6.45, 7) is 1.97. The number of halogens is 1. The summed E-state index contributed by atoms with van der Waals surface area (Å²) in [5.74, 6) is 0.737. The van der Waals surface area contributed by atoms with Gasteiger partial charge in [0.05, 0.1) is 0 Å². The highest BCUT2D eigenvalue weighted by molar-refractivity contribution is 9.10. The van der Waals surface area contributed by atoms with Gasteiger partial charge in [0.1, 0.15) is 18.0 Å². The summed E-state index contributed by atoms with van der Waals surface area (Å²) in [5, 5.41) is 10.4. The highest BCUT2D eigenvalue weighted by atomic mass is 79.9. The van der Waals surface area contributed by atoms with Crippen LogP contribution in [0.3, 0.4) is 0 Å². The molecule has 0 heterocycles. The third-order valence-electron chi connectivity index (χ3n) is 2.71. The zero-order valence-electron chi connectivity index (χ0n) is 10.1. The maximum atomic E-state index is 10.4. The Hall–Kier alpha value is -1.32. The molecule has 1 unspecified atom stereocenters. The summed E-state index contributed by atoms with van der Waals surface area (Å²) in [4.78, 5) is 0. The molecule has 94 valence electrons. The lowest BCUT2D eigenvalue weighted by atomic mass is 9.97. The van der Waals surface area contributed by atoms with Crippen molar-refractivity contribution in [2.24, 2.45) is 0 Å². The second-order valence-corrected chi connectivity index (χ2v) is 5.30. The maximum Gasteiger partial charge on any atom is 0.121 e. The first-order valence-corrected chi connectivity index (χ1v) is 6.53. The minimum Gasteiger partial charge on any atom is -0.490 e. The van der Waals surface area contributed by atoms with Crippen molar-refractivity contribution in [1.82, 2.24) is 0 Å². The summed E-state index contributed by atoms with van der Waals surface area (Å²) in [6.07, 6.45) is 0. The van der Waals surface area contributed by atoms with Gasteiger partial charge in [-0.15, -0.1) is 0 Å². The van der Waals surface area contributed by atoms with Crippen molar-refractivity contribution in [3.8, 4) is 5.75 Å². The Balaban J connectivity index is 2.05. The van der Waals surface area contributed by atoms with Crippen LogP contribution in [0.4, 0.5) is 0 Å². The molecule has 0 aliphatic heterocycles. The molecule has 0 fully saturated rings. The fourth-order valence-corrected chi connectivity index (χ4v) is 2.04. The Morgan fingerprint density at radius 3 is 2.50 bits per heavy atom. The van der Waals surface area contributed by atoms with E-state index in [2.05, 4.69) is 15.9 Å². The molecule has 0 aliphatic carbocycles. The molecule has 0 amide bonds. The largest absolute Gasteiger partial charge is 0.490 e. The van der Waals surface area contributed by atoms with Gasteiger partial charge in [0.25, 0.3) is 0 Å². The number of rotatable bonds is 4. The number of hydrogen-bond acceptors (Lipinski definition) is 2. The fraction of sp³-hybridized carbons (Fsp3) is 0.200. The Kier molecular flexibility index (Phi) is 4.04. The van der Waals surface area contributed by atoms with Gasteiger partial charge in [0, 0.05) is 4.47 Å².